The van der Waals surface area contributed by atoms with Crippen LogP contribution in [0.4, 0.5) is 8.78 Å². The molecular formula is C24H27BrF2N4O5S. The molecule has 0 saturated carbocycles. The number of aromatic nitrogens is 1. The molecule has 200 valence electrons. The van der Waals surface area contributed by atoms with Crippen LogP contribution in [0.1, 0.15) is 5.01 Å². The fourth-order valence-electron chi connectivity index (χ4n) is 3.28. The van der Waals surface area contributed by atoms with Gasteiger partial charge in [-0.05, 0) is 34.1 Å². The minimum Gasteiger partial charge on any atom is -0.466 e. The number of aliphatic hydroxyl groups excluding tert-OH is 1. The fourth-order valence-corrected chi connectivity index (χ4v) is 4.22. The number of aliphatic imine (C=N–C) groups is 1. The van der Waals surface area contributed by atoms with E-state index in [1.54, 1.807) is 12.3 Å². The summed E-state index contributed by atoms with van der Waals surface area (Å²) in [5.74, 6) is -1.39. The number of methoxy groups -OCH3 is 1. The summed E-state index contributed by atoms with van der Waals surface area (Å²) in [6.07, 6.45) is 5.49. The number of nitrogens with one attached hydrogen (secondary N) is 1. The average Bonchev–Trinajstić information content (AvgIpc) is 3.47. The number of ether oxygens (including phenoxy) is 2. The van der Waals surface area contributed by atoms with Crippen molar-refractivity contribution in [2.75, 3.05) is 47.0 Å². The van der Waals surface area contributed by atoms with Gasteiger partial charge in [-0.2, -0.15) is 0 Å². The lowest BCUT2D eigenvalue weighted by atomic mass is 10.1. The molecule has 37 heavy (non-hydrogen) atoms. The molecule has 1 aromatic heterocycles. The molecule has 1 atom stereocenters. The van der Waals surface area contributed by atoms with Crippen molar-refractivity contribution in [3.63, 3.8) is 0 Å². The molecule has 3 heterocycles. The highest BCUT2D eigenvalue weighted by atomic mass is 79.9. The predicted molar refractivity (Wildman–Crippen MR) is 139 cm³/mol. The first-order valence-corrected chi connectivity index (χ1v) is 12.6. The molecule has 0 spiro atoms. The molecule has 0 radical (unpaired) electrons. The van der Waals surface area contributed by atoms with Gasteiger partial charge < -0.3 is 19.9 Å². The normalized spacial score (nSPS) is 17.6. The van der Waals surface area contributed by atoms with E-state index in [2.05, 4.69) is 36.1 Å². The molecule has 2 aliphatic rings. The number of carbonyl (C=O) groups excluding carboxylic acids is 2. The average molecular weight is 601 g/mol. The number of nitrogens with zero attached hydrogens (tertiary/aromatic N) is 3. The number of aldehydes is 1. The predicted octanol–water partition coefficient (Wildman–Crippen LogP) is 2.71. The van der Waals surface area contributed by atoms with Crippen LogP contribution in [0.25, 0.3) is 0 Å². The summed E-state index contributed by atoms with van der Waals surface area (Å²) in [5.41, 5.74) is 1.27. The van der Waals surface area contributed by atoms with Gasteiger partial charge in [0.25, 0.3) is 0 Å². The highest BCUT2D eigenvalue weighted by molar-refractivity contribution is 9.10. The first kappa shape index (κ1) is 30.4. The van der Waals surface area contributed by atoms with E-state index >= 15 is 0 Å². The summed E-state index contributed by atoms with van der Waals surface area (Å²) in [5, 5.41) is 12.9. The molecule has 4 rings (SSSR count). The molecule has 1 fully saturated rings. The van der Waals surface area contributed by atoms with Crippen LogP contribution in [-0.4, -0.2) is 86.2 Å². The monoisotopic (exact) mass is 600 g/mol. The first-order valence-electron chi connectivity index (χ1n) is 10.9. The van der Waals surface area contributed by atoms with E-state index in [1.165, 1.54) is 36.7 Å². The van der Waals surface area contributed by atoms with Gasteiger partial charge in [0.2, 0.25) is 0 Å². The van der Waals surface area contributed by atoms with Crippen LogP contribution in [0.5, 0.6) is 0 Å². The third kappa shape index (κ3) is 9.20. The zero-order valence-corrected chi connectivity index (χ0v) is 22.6. The maximum absolute atomic E-state index is 12.3. The van der Waals surface area contributed by atoms with Crippen molar-refractivity contribution >= 4 is 45.4 Å². The summed E-state index contributed by atoms with van der Waals surface area (Å²) in [6, 6.07) is 3.95. The Balaban J connectivity index is 0.000000367. The van der Waals surface area contributed by atoms with Gasteiger partial charge in [-0.3, -0.25) is 14.7 Å². The van der Waals surface area contributed by atoms with Gasteiger partial charge in [0, 0.05) is 44.0 Å². The number of hydrogen-bond donors (Lipinski definition) is 2. The maximum Gasteiger partial charge on any atom is 0.337 e. The molecule has 13 heteroatoms. The highest BCUT2D eigenvalue weighted by Gasteiger charge is 2.26. The van der Waals surface area contributed by atoms with E-state index in [-0.39, 0.29) is 23.1 Å². The number of halogens is 3. The van der Waals surface area contributed by atoms with Crippen LogP contribution >= 0.6 is 27.3 Å². The van der Waals surface area contributed by atoms with Crippen LogP contribution < -0.4 is 5.32 Å². The van der Waals surface area contributed by atoms with E-state index in [1.807, 2.05) is 5.38 Å². The Hall–Kier alpha value is -2.84. The second kappa shape index (κ2) is 16.1. The Morgan fingerprint density at radius 1 is 1.41 bits per heavy atom. The van der Waals surface area contributed by atoms with Crippen molar-refractivity contribution in [3.05, 3.63) is 74.3 Å². The standard InChI is InChI=1S/C17H20N4O4S.C6H3BrF2.CH4O/c1-24-17(23)13-9-19-15(16-18-4-8-26-16)20-14(13)11-21-5-7-25-12(10-21)3-2-6-22;7-4-2-1-3-5(8)6(4)9;1-2/h2-4,6,8,12H,5,7,9-11H2,1H3,(H,19,20);1-3H;2H,1H3/b3-2+;;/t12-;;/m1../s1. The lowest BCUT2D eigenvalue weighted by Crippen LogP contribution is -2.45. The Labute approximate surface area is 225 Å². The Kier molecular flexibility index (Phi) is 13.2. The summed E-state index contributed by atoms with van der Waals surface area (Å²) < 4.78 is 35.2. The van der Waals surface area contributed by atoms with Gasteiger partial charge in [0.1, 0.15) is 6.29 Å². The molecule has 0 amide bonds. The van der Waals surface area contributed by atoms with Crippen LogP contribution in [0.2, 0.25) is 0 Å². The number of hydrogen-bond acceptors (Lipinski definition) is 10. The zero-order valence-electron chi connectivity index (χ0n) is 20.2. The Morgan fingerprint density at radius 2 is 2.19 bits per heavy atom. The van der Waals surface area contributed by atoms with Gasteiger partial charge in [-0.15, -0.1) is 11.3 Å². The third-order valence-corrected chi connectivity index (χ3v) is 6.36. The summed E-state index contributed by atoms with van der Waals surface area (Å²) in [6.45, 7) is 2.71. The van der Waals surface area contributed by atoms with Crippen molar-refractivity contribution < 1.29 is 33.0 Å². The van der Waals surface area contributed by atoms with Gasteiger partial charge in [-0.1, -0.05) is 12.1 Å². The van der Waals surface area contributed by atoms with Crippen molar-refractivity contribution in [2.24, 2.45) is 4.99 Å². The number of carbonyl (C=O) groups is 2. The second-order valence-electron chi connectivity index (χ2n) is 7.28. The molecule has 1 saturated heterocycles. The summed E-state index contributed by atoms with van der Waals surface area (Å²) >= 11 is 4.31. The molecule has 0 unspecified atom stereocenters. The number of rotatable bonds is 6. The minimum absolute atomic E-state index is 0.146. The van der Waals surface area contributed by atoms with Gasteiger partial charge >= 0.3 is 5.97 Å². The number of aliphatic hydroxyl groups is 1. The van der Waals surface area contributed by atoms with Gasteiger partial charge in [-0.25, -0.2) is 18.6 Å². The molecule has 2 N–H and O–H groups in total. The van der Waals surface area contributed by atoms with Crippen LogP contribution in [0, 0.1) is 11.6 Å². The lowest BCUT2D eigenvalue weighted by molar-refractivity contribution is -0.136. The Morgan fingerprint density at radius 3 is 2.81 bits per heavy atom. The van der Waals surface area contributed by atoms with Crippen molar-refractivity contribution in [2.45, 2.75) is 6.10 Å². The molecule has 0 aliphatic carbocycles. The SMILES string of the molecule is CO.COC(=O)C1=C(CN2CCO[C@H](/C=C/C=O)C2)NC(c2nccs2)=NC1.Fc1cccc(Br)c1F. The first-order chi connectivity index (χ1) is 17.9. The summed E-state index contributed by atoms with van der Waals surface area (Å²) in [4.78, 5) is 33.5. The number of benzene rings is 1. The van der Waals surface area contributed by atoms with Gasteiger partial charge in [0.05, 0.1) is 36.4 Å². The van der Waals surface area contributed by atoms with Crippen molar-refractivity contribution in [3.8, 4) is 0 Å². The smallest absolute Gasteiger partial charge is 0.337 e. The highest BCUT2D eigenvalue weighted by Crippen LogP contribution is 2.18. The lowest BCUT2D eigenvalue weighted by Gasteiger charge is -2.33. The van der Waals surface area contributed by atoms with E-state index in [0.717, 1.165) is 36.7 Å². The largest absolute Gasteiger partial charge is 0.466 e. The van der Waals surface area contributed by atoms with Gasteiger partial charge in [0.15, 0.2) is 22.5 Å². The van der Waals surface area contributed by atoms with E-state index in [9.17, 15) is 18.4 Å². The molecule has 2 aliphatic heterocycles. The zero-order chi connectivity index (χ0) is 27.2. The molecule has 1 aromatic carbocycles. The molecule has 2 aromatic rings. The number of amidine groups is 1. The van der Waals surface area contributed by atoms with E-state index in [0.29, 0.717) is 31.1 Å². The minimum atomic E-state index is -0.836. The van der Waals surface area contributed by atoms with Crippen LogP contribution in [0.15, 0.2) is 62.7 Å². The molecule has 9 nitrogen and oxygen atoms in total. The van der Waals surface area contributed by atoms with E-state index in [4.69, 9.17) is 14.6 Å². The second-order valence-corrected chi connectivity index (χ2v) is 9.03. The number of morpholine rings is 1. The van der Waals surface area contributed by atoms with E-state index < -0.39 is 11.6 Å². The quantitative estimate of drug-likeness (QED) is 0.225. The van der Waals surface area contributed by atoms with Crippen LogP contribution in [0.3, 0.4) is 0 Å². The number of allylic oxidation sites excluding steroid dienone is 1. The number of thiazole rings is 1. The molecule has 0 bridgehead atoms. The summed E-state index contributed by atoms with van der Waals surface area (Å²) in [7, 11) is 2.36. The maximum atomic E-state index is 12.3. The number of esters is 1. The topological polar surface area (TPSA) is 113 Å². The van der Waals surface area contributed by atoms with Crippen molar-refractivity contribution in [1.82, 2.24) is 15.2 Å². The van der Waals surface area contributed by atoms with Crippen LogP contribution in [-0.2, 0) is 19.1 Å². The fraction of sp³-hybridized carbons (Fsp3) is 0.333. The Bertz CT molecular complexity index is 1110. The molecular weight excluding hydrogens is 574 g/mol. The van der Waals surface area contributed by atoms with Crippen molar-refractivity contribution in [1.29, 1.82) is 0 Å². The third-order valence-electron chi connectivity index (χ3n) is 4.96.